The molecule has 0 amide bonds. The van der Waals surface area contributed by atoms with Gasteiger partial charge in [0.05, 0.1) is 9.53 Å². The summed E-state index contributed by atoms with van der Waals surface area (Å²) in [5.74, 6) is 0.796. The van der Waals surface area contributed by atoms with Gasteiger partial charge in [-0.3, -0.25) is 5.43 Å². The zero-order valence-corrected chi connectivity index (χ0v) is 11.1. The number of nitrogens with one attached hydrogen (secondary N) is 1. The van der Waals surface area contributed by atoms with Crippen molar-refractivity contribution < 1.29 is 4.74 Å². The molecular weight excluding hydrogens is 276 g/mol. The highest BCUT2D eigenvalue weighted by molar-refractivity contribution is 9.11. The number of alkyl halides is 1. The van der Waals surface area contributed by atoms with Gasteiger partial charge in [-0.2, -0.15) is 0 Å². The van der Waals surface area contributed by atoms with Crippen molar-refractivity contribution in [3.8, 4) is 0 Å². The molecule has 0 aromatic carbocycles. The molecule has 3 aliphatic rings. The Labute approximate surface area is 103 Å². The maximum Gasteiger partial charge on any atom is 0.124 e. The summed E-state index contributed by atoms with van der Waals surface area (Å²) in [6.07, 6.45) is 5.32. The normalized spacial score (nSPS) is 47.0. The van der Waals surface area contributed by atoms with Gasteiger partial charge in [-0.05, 0) is 25.7 Å². The van der Waals surface area contributed by atoms with Crippen LogP contribution in [0.25, 0.3) is 0 Å². The topological polar surface area (TPSA) is 24.5 Å². The number of ether oxygens (including phenoxy) is 1. The highest BCUT2D eigenvalue weighted by atomic mass is 79.9. The first kappa shape index (κ1) is 10.8. The molecule has 4 unspecified atom stereocenters. The van der Waals surface area contributed by atoms with Gasteiger partial charge in [0.15, 0.2) is 0 Å². The predicted molar refractivity (Wildman–Crippen MR) is 65.6 cm³/mol. The molecule has 3 saturated heterocycles. The lowest BCUT2D eigenvalue weighted by Gasteiger charge is -2.34. The van der Waals surface area contributed by atoms with Crippen molar-refractivity contribution in [3.05, 3.63) is 0 Å². The Balaban J connectivity index is 1.66. The van der Waals surface area contributed by atoms with E-state index in [2.05, 4.69) is 26.4 Å². The minimum atomic E-state index is 0.319. The lowest BCUT2D eigenvalue weighted by Crippen LogP contribution is -2.47. The van der Waals surface area contributed by atoms with Crippen molar-refractivity contribution >= 4 is 27.7 Å². The Hall–Kier alpha value is 0.710. The molecular formula is C10H17BrN2OS. The molecule has 1 N–H and O–H groups in total. The van der Waals surface area contributed by atoms with Crippen molar-refractivity contribution in [2.24, 2.45) is 5.92 Å². The average molecular weight is 293 g/mol. The van der Waals surface area contributed by atoms with Gasteiger partial charge < -0.3 is 4.74 Å². The number of hydrazine groups is 1. The number of thioether (sulfide) groups is 1. The van der Waals surface area contributed by atoms with Gasteiger partial charge in [-0.15, -0.1) is 11.8 Å². The van der Waals surface area contributed by atoms with Crippen molar-refractivity contribution in [2.45, 2.75) is 41.4 Å². The third-order valence-electron chi connectivity index (χ3n) is 3.45. The third-order valence-corrected chi connectivity index (χ3v) is 5.85. The van der Waals surface area contributed by atoms with Gasteiger partial charge in [-0.1, -0.05) is 15.9 Å². The Morgan fingerprint density at radius 3 is 3.13 bits per heavy atom. The summed E-state index contributed by atoms with van der Waals surface area (Å²) in [7, 11) is 0. The maximum atomic E-state index is 5.84. The second kappa shape index (κ2) is 4.53. The van der Waals surface area contributed by atoms with Crippen LogP contribution in [0.1, 0.15) is 25.7 Å². The fourth-order valence-corrected chi connectivity index (χ4v) is 5.25. The molecule has 0 bridgehead atoms. The molecule has 3 aliphatic heterocycles. The number of nitrogens with zero attached hydrogens (tertiary/aromatic N) is 1. The van der Waals surface area contributed by atoms with Crippen LogP contribution in [-0.4, -0.2) is 33.9 Å². The number of rotatable bonds is 1. The van der Waals surface area contributed by atoms with Crippen LogP contribution in [0.3, 0.4) is 0 Å². The molecule has 0 saturated carbocycles. The Morgan fingerprint density at radius 2 is 2.33 bits per heavy atom. The lowest BCUT2D eigenvalue weighted by atomic mass is 10.1. The number of hydrogen-bond donors (Lipinski definition) is 1. The van der Waals surface area contributed by atoms with Crippen LogP contribution in [0, 0.1) is 5.92 Å². The largest absolute Gasteiger partial charge is 0.362 e. The zero-order valence-electron chi connectivity index (χ0n) is 8.69. The fraction of sp³-hybridized carbons (Fsp3) is 1.00. The lowest BCUT2D eigenvalue weighted by molar-refractivity contribution is -0.101. The van der Waals surface area contributed by atoms with Crippen LogP contribution in [0.15, 0.2) is 0 Å². The molecule has 3 heterocycles. The van der Waals surface area contributed by atoms with Crippen LogP contribution >= 0.6 is 27.7 Å². The van der Waals surface area contributed by atoms with E-state index in [0.29, 0.717) is 15.8 Å². The molecule has 5 heteroatoms. The molecule has 0 aromatic heterocycles. The SMILES string of the molecule is BrC1CC2CNN(C3CCCCO3)C2S1. The van der Waals surface area contributed by atoms with Crippen LogP contribution in [0.2, 0.25) is 0 Å². The van der Waals surface area contributed by atoms with Gasteiger partial charge in [0.25, 0.3) is 0 Å². The number of hydrogen-bond acceptors (Lipinski definition) is 4. The van der Waals surface area contributed by atoms with E-state index in [9.17, 15) is 0 Å². The molecule has 4 atom stereocenters. The highest BCUT2D eigenvalue weighted by Crippen LogP contribution is 2.46. The van der Waals surface area contributed by atoms with Crippen molar-refractivity contribution in [1.29, 1.82) is 0 Å². The molecule has 3 nitrogen and oxygen atoms in total. The Bertz CT molecular complexity index is 237. The van der Waals surface area contributed by atoms with Crippen molar-refractivity contribution in [3.63, 3.8) is 0 Å². The molecule has 15 heavy (non-hydrogen) atoms. The van der Waals surface area contributed by atoms with Crippen LogP contribution in [0.5, 0.6) is 0 Å². The van der Waals surface area contributed by atoms with Crippen LogP contribution in [0.4, 0.5) is 0 Å². The van der Waals surface area contributed by atoms with E-state index in [0.717, 1.165) is 19.1 Å². The highest BCUT2D eigenvalue weighted by Gasteiger charge is 2.45. The maximum absolute atomic E-state index is 5.84. The van der Waals surface area contributed by atoms with E-state index in [1.165, 1.54) is 25.7 Å². The monoisotopic (exact) mass is 292 g/mol. The van der Waals surface area contributed by atoms with Gasteiger partial charge >= 0.3 is 0 Å². The standard InChI is InChI=1S/C10H17BrN2OS/c11-8-5-7-6-12-13(10(7)15-8)9-3-1-2-4-14-9/h7-10,12H,1-6H2. The minimum Gasteiger partial charge on any atom is -0.362 e. The van der Waals surface area contributed by atoms with Gasteiger partial charge in [0.2, 0.25) is 0 Å². The smallest absolute Gasteiger partial charge is 0.124 e. The number of fused-ring (bicyclic) bond motifs is 1. The zero-order chi connectivity index (χ0) is 10.3. The third kappa shape index (κ3) is 2.09. The summed E-state index contributed by atoms with van der Waals surface area (Å²) in [4.78, 5) is 0. The summed E-state index contributed by atoms with van der Waals surface area (Å²) in [5.41, 5.74) is 3.52. The average Bonchev–Trinajstić information content (AvgIpc) is 2.77. The molecule has 3 fully saturated rings. The van der Waals surface area contributed by atoms with E-state index in [-0.39, 0.29) is 0 Å². The summed E-state index contributed by atoms with van der Waals surface area (Å²) in [6.45, 7) is 2.06. The van der Waals surface area contributed by atoms with E-state index >= 15 is 0 Å². The number of halogens is 1. The van der Waals surface area contributed by atoms with Gasteiger partial charge in [0.1, 0.15) is 6.23 Å². The van der Waals surface area contributed by atoms with Crippen LogP contribution < -0.4 is 5.43 Å². The fourth-order valence-electron chi connectivity index (χ4n) is 2.67. The first-order chi connectivity index (χ1) is 7.34. The summed E-state index contributed by atoms with van der Waals surface area (Å²) < 4.78 is 6.48. The molecule has 0 spiro atoms. The predicted octanol–water partition coefficient (Wildman–Crippen LogP) is 2.13. The van der Waals surface area contributed by atoms with E-state index in [1.54, 1.807) is 0 Å². The second-order valence-electron chi connectivity index (χ2n) is 4.52. The van der Waals surface area contributed by atoms with Crippen molar-refractivity contribution in [2.75, 3.05) is 13.2 Å². The van der Waals surface area contributed by atoms with E-state index in [1.807, 2.05) is 11.8 Å². The van der Waals surface area contributed by atoms with Gasteiger partial charge in [-0.25, -0.2) is 5.01 Å². The first-order valence-corrected chi connectivity index (χ1v) is 7.63. The van der Waals surface area contributed by atoms with Gasteiger partial charge in [0, 0.05) is 19.1 Å². The summed E-state index contributed by atoms with van der Waals surface area (Å²) in [6, 6.07) is 0. The van der Waals surface area contributed by atoms with E-state index < -0.39 is 0 Å². The molecule has 0 aliphatic carbocycles. The van der Waals surface area contributed by atoms with Crippen LogP contribution in [-0.2, 0) is 4.74 Å². The molecule has 86 valence electrons. The summed E-state index contributed by atoms with van der Waals surface area (Å²) >= 11 is 5.75. The Morgan fingerprint density at radius 1 is 1.40 bits per heavy atom. The quantitative estimate of drug-likeness (QED) is 0.749. The molecule has 0 radical (unpaired) electrons. The molecule has 0 aromatic rings. The molecule has 3 rings (SSSR count). The second-order valence-corrected chi connectivity index (χ2v) is 7.56. The Kier molecular flexibility index (Phi) is 3.27. The van der Waals surface area contributed by atoms with E-state index in [4.69, 9.17) is 4.74 Å². The minimum absolute atomic E-state index is 0.319. The van der Waals surface area contributed by atoms with Crippen molar-refractivity contribution in [1.82, 2.24) is 10.4 Å². The first-order valence-electron chi connectivity index (χ1n) is 5.77. The summed E-state index contributed by atoms with van der Waals surface area (Å²) in [5, 5.41) is 2.99.